The Morgan fingerprint density at radius 2 is 1.84 bits per heavy atom. The van der Waals surface area contributed by atoms with Crippen LogP contribution in [-0.4, -0.2) is 40.1 Å². The number of carbonyl (C=O) groups excluding carboxylic acids is 1. The Morgan fingerprint density at radius 3 is 2.50 bits per heavy atom. The van der Waals surface area contributed by atoms with Gasteiger partial charge in [-0.3, -0.25) is 4.79 Å². The van der Waals surface area contributed by atoms with E-state index in [1.807, 2.05) is 12.1 Å². The number of imidazole rings is 1. The van der Waals surface area contributed by atoms with Gasteiger partial charge >= 0.3 is 0 Å². The maximum Gasteiger partial charge on any atom is 0.224 e. The second-order valence-corrected chi connectivity index (χ2v) is 9.82. The molecule has 0 atom stereocenters. The Morgan fingerprint density at radius 1 is 1.09 bits per heavy atom. The van der Waals surface area contributed by atoms with Gasteiger partial charge in [-0.1, -0.05) is 32.6 Å². The van der Waals surface area contributed by atoms with Crippen LogP contribution in [-0.2, 0) is 11.3 Å². The fourth-order valence-electron chi connectivity index (χ4n) is 6.01. The zero-order valence-electron chi connectivity index (χ0n) is 20.3. The van der Waals surface area contributed by atoms with E-state index in [9.17, 15) is 4.79 Å². The van der Waals surface area contributed by atoms with Crippen molar-refractivity contribution in [3.05, 3.63) is 24.0 Å². The highest BCUT2D eigenvalue weighted by Gasteiger charge is 2.28. The molecular formula is C27H41N3O2. The van der Waals surface area contributed by atoms with Crippen LogP contribution in [0.2, 0.25) is 0 Å². The van der Waals surface area contributed by atoms with Gasteiger partial charge in [0.15, 0.2) is 0 Å². The molecule has 2 aromatic rings. The van der Waals surface area contributed by atoms with Crippen LogP contribution < -0.4 is 4.74 Å². The highest BCUT2D eigenvalue weighted by atomic mass is 16.5. The molecule has 0 N–H and O–H groups in total. The summed E-state index contributed by atoms with van der Waals surface area (Å²) in [7, 11) is 1.70. The van der Waals surface area contributed by atoms with Crippen LogP contribution in [0.4, 0.5) is 0 Å². The normalized spacial score (nSPS) is 22.2. The van der Waals surface area contributed by atoms with E-state index in [1.54, 1.807) is 7.11 Å². The maximum atomic E-state index is 13.2. The van der Waals surface area contributed by atoms with Crippen molar-refractivity contribution in [2.75, 3.05) is 13.7 Å². The molecule has 1 aromatic heterocycles. The van der Waals surface area contributed by atoms with Gasteiger partial charge in [-0.15, -0.1) is 0 Å². The lowest BCUT2D eigenvalue weighted by molar-refractivity contribution is -0.134. The summed E-state index contributed by atoms with van der Waals surface area (Å²) in [5.74, 6) is 3.67. The number of fused-ring (bicyclic) bond motifs is 1. The summed E-state index contributed by atoms with van der Waals surface area (Å²) in [6.45, 7) is 5.97. The van der Waals surface area contributed by atoms with Crippen molar-refractivity contribution in [3.8, 4) is 5.75 Å². The first-order valence-electron chi connectivity index (χ1n) is 13.0. The first-order valence-corrected chi connectivity index (χ1v) is 13.0. The van der Waals surface area contributed by atoms with Gasteiger partial charge in [0.1, 0.15) is 11.6 Å². The lowest BCUT2D eigenvalue weighted by Crippen LogP contribution is -2.41. The topological polar surface area (TPSA) is 47.4 Å². The third-order valence-corrected chi connectivity index (χ3v) is 8.00. The monoisotopic (exact) mass is 439 g/mol. The largest absolute Gasteiger partial charge is 0.497 e. The first-order chi connectivity index (χ1) is 15.6. The lowest BCUT2D eigenvalue weighted by Gasteiger charge is -2.34. The van der Waals surface area contributed by atoms with Crippen LogP contribution >= 0.6 is 0 Å². The molecule has 2 aliphatic carbocycles. The molecule has 2 saturated carbocycles. The van der Waals surface area contributed by atoms with Crippen LogP contribution in [0.1, 0.15) is 96.2 Å². The van der Waals surface area contributed by atoms with Gasteiger partial charge in [0.05, 0.1) is 18.1 Å². The van der Waals surface area contributed by atoms with Crippen LogP contribution in [0, 0.1) is 5.92 Å². The molecule has 0 spiro atoms. The molecule has 1 aromatic carbocycles. The molecular weight excluding hydrogens is 398 g/mol. The average molecular weight is 440 g/mol. The van der Waals surface area contributed by atoms with Crippen molar-refractivity contribution in [2.45, 2.75) is 103 Å². The highest BCUT2D eigenvalue weighted by Crippen LogP contribution is 2.38. The third kappa shape index (κ3) is 4.97. The zero-order valence-corrected chi connectivity index (χ0v) is 20.3. The van der Waals surface area contributed by atoms with Crippen molar-refractivity contribution in [3.63, 3.8) is 0 Å². The number of hydrogen-bond acceptors (Lipinski definition) is 3. The lowest BCUT2D eigenvalue weighted by atomic mass is 9.80. The minimum absolute atomic E-state index is 0.301. The second kappa shape index (κ2) is 10.7. The van der Waals surface area contributed by atoms with Crippen LogP contribution in [0.25, 0.3) is 11.0 Å². The summed E-state index contributed by atoms with van der Waals surface area (Å²) in [4.78, 5) is 20.5. The predicted molar refractivity (Wildman–Crippen MR) is 130 cm³/mol. The summed E-state index contributed by atoms with van der Waals surface area (Å²) >= 11 is 0. The van der Waals surface area contributed by atoms with E-state index in [2.05, 4.69) is 29.4 Å². The van der Waals surface area contributed by atoms with Crippen LogP contribution in [0.15, 0.2) is 18.2 Å². The van der Waals surface area contributed by atoms with E-state index in [4.69, 9.17) is 9.72 Å². The van der Waals surface area contributed by atoms with Gasteiger partial charge in [-0.2, -0.15) is 0 Å². The number of methoxy groups -OCH3 is 1. The molecule has 1 heterocycles. The van der Waals surface area contributed by atoms with Gasteiger partial charge in [0.2, 0.25) is 5.91 Å². The molecule has 0 aliphatic heterocycles. The number of amides is 1. The van der Waals surface area contributed by atoms with Gasteiger partial charge in [-0.25, -0.2) is 4.98 Å². The Balaban J connectivity index is 1.55. The number of aromatic nitrogens is 2. The van der Waals surface area contributed by atoms with Crippen molar-refractivity contribution in [2.24, 2.45) is 5.92 Å². The molecule has 1 amide bonds. The van der Waals surface area contributed by atoms with E-state index in [-0.39, 0.29) is 0 Å². The molecule has 0 bridgehead atoms. The summed E-state index contributed by atoms with van der Waals surface area (Å²) in [6.07, 6.45) is 13.0. The molecule has 0 unspecified atom stereocenters. The van der Waals surface area contributed by atoms with Crippen molar-refractivity contribution >= 4 is 16.9 Å². The number of carbonyl (C=O) groups is 1. The number of hydrogen-bond donors (Lipinski definition) is 0. The molecule has 0 radical (unpaired) electrons. The quantitative estimate of drug-likeness (QED) is 0.485. The van der Waals surface area contributed by atoms with Crippen molar-refractivity contribution in [1.82, 2.24) is 14.5 Å². The van der Waals surface area contributed by atoms with Gasteiger partial charge in [0.25, 0.3) is 0 Å². The van der Waals surface area contributed by atoms with Gasteiger partial charge < -0.3 is 14.2 Å². The maximum absolute atomic E-state index is 13.2. The minimum Gasteiger partial charge on any atom is -0.497 e. The summed E-state index contributed by atoms with van der Waals surface area (Å²) < 4.78 is 7.79. The van der Waals surface area contributed by atoms with Crippen LogP contribution in [0.5, 0.6) is 5.75 Å². The number of benzene rings is 1. The Hall–Kier alpha value is -2.04. The fourth-order valence-corrected chi connectivity index (χ4v) is 6.01. The van der Waals surface area contributed by atoms with Gasteiger partial charge in [-0.05, 0) is 63.5 Å². The zero-order chi connectivity index (χ0) is 22.5. The van der Waals surface area contributed by atoms with E-state index >= 15 is 0 Å². The Kier molecular flexibility index (Phi) is 7.75. The molecule has 176 valence electrons. The number of aryl methyl sites for hydroxylation is 1. The predicted octanol–water partition coefficient (Wildman–Crippen LogP) is 6.30. The number of nitrogens with zero attached hydrogens (tertiary/aromatic N) is 3. The summed E-state index contributed by atoms with van der Waals surface area (Å²) in [5.41, 5.74) is 2.12. The van der Waals surface area contributed by atoms with E-state index < -0.39 is 0 Å². The number of rotatable bonds is 8. The van der Waals surface area contributed by atoms with Crippen molar-refractivity contribution < 1.29 is 9.53 Å². The molecule has 5 nitrogen and oxygen atoms in total. The molecule has 4 rings (SSSR count). The van der Waals surface area contributed by atoms with E-state index in [0.717, 1.165) is 29.2 Å². The smallest absolute Gasteiger partial charge is 0.224 e. The molecule has 2 aliphatic rings. The van der Waals surface area contributed by atoms with E-state index in [1.165, 1.54) is 70.0 Å². The third-order valence-electron chi connectivity index (χ3n) is 8.00. The standard InChI is InChI=1S/C27H41N3O2/c1-4-20-11-13-21(14-12-20)27-28-24-19-23(32-3)15-16-25(24)30(27)18-17-26(31)29(5-2)22-9-7-6-8-10-22/h15-16,19-22H,4-14,17-18H2,1-3H3. The summed E-state index contributed by atoms with van der Waals surface area (Å²) in [6, 6.07) is 6.61. The Labute approximate surface area is 193 Å². The SMILES string of the molecule is CCC1CCC(c2nc3cc(OC)ccc3n2CCC(=O)N(CC)C2CCCCC2)CC1. The Bertz CT molecular complexity index is 892. The minimum atomic E-state index is 0.301. The van der Waals surface area contributed by atoms with Gasteiger partial charge in [0, 0.05) is 37.5 Å². The molecule has 0 saturated heterocycles. The molecule has 5 heteroatoms. The highest BCUT2D eigenvalue weighted by molar-refractivity contribution is 5.79. The second-order valence-electron chi connectivity index (χ2n) is 9.82. The molecule has 32 heavy (non-hydrogen) atoms. The molecule has 2 fully saturated rings. The van der Waals surface area contributed by atoms with Crippen molar-refractivity contribution in [1.29, 1.82) is 0 Å². The average Bonchev–Trinajstić information content (AvgIpc) is 3.21. The fraction of sp³-hybridized carbons (Fsp3) is 0.704. The number of ether oxygens (including phenoxy) is 1. The first kappa shape index (κ1) is 23.1. The van der Waals surface area contributed by atoms with E-state index in [0.29, 0.717) is 30.8 Å². The summed E-state index contributed by atoms with van der Waals surface area (Å²) in [5, 5.41) is 0. The van der Waals surface area contributed by atoms with Crippen LogP contribution in [0.3, 0.4) is 0 Å².